The summed E-state index contributed by atoms with van der Waals surface area (Å²) in [5.74, 6) is 1.19. The van der Waals surface area contributed by atoms with Gasteiger partial charge in [0.15, 0.2) is 0 Å². The zero-order chi connectivity index (χ0) is 16.8. The Bertz CT molecular complexity index is 445. The van der Waals surface area contributed by atoms with Crippen molar-refractivity contribution in [2.24, 2.45) is 0 Å². The highest BCUT2D eigenvalue weighted by Crippen LogP contribution is 2.10. The zero-order valence-corrected chi connectivity index (χ0v) is 14.9. The maximum Gasteiger partial charge on any atom is 0.379 e. The Hall–Kier alpha value is -1.29. The Kier molecular flexibility index (Phi) is 11.3. The number of hydrogen-bond acceptors (Lipinski definition) is 4. The van der Waals surface area contributed by atoms with E-state index in [4.69, 9.17) is 4.74 Å². The van der Waals surface area contributed by atoms with Gasteiger partial charge in [0.05, 0.1) is 6.61 Å². The minimum Gasteiger partial charge on any atom is -0.460 e. The first-order chi connectivity index (χ1) is 11.3. The smallest absolute Gasteiger partial charge is 0.379 e. The first kappa shape index (κ1) is 19.8. The van der Waals surface area contributed by atoms with Gasteiger partial charge >= 0.3 is 5.97 Å². The lowest BCUT2D eigenvalue weighted by atomic mass is 10.1. The molecule has 0 N–H and O–H groups in total. The molecule has 0 bridgehead atoms. The summed E-state index contributed by atoms with van der Waals surface area (Å²) in [4.78, 5) is 23.4. The van der Waals surface area contributed by atoms with Crippen LogP contribution in [0.15, 0.2) is 30.3 Å². The van der Waals surface area contributed by atoms with E-state index in [1.54, 1.807) is 24.3 Å². The van der Waals surface area contributed by atoms with Crippen LogP contribution in [0.25, 0.3) is 0 Å². The number of unbranched alkanes of at least 4 members (excludes halogenated alkanes) is 6. The monoisotopic (exact) mass is 336 g/mol. The van der Waals surface area contributed by atoms with Crippen molar-refractivity contribution in [2.45, 2.75) is 51.9 Å². The maximum absolute atomic E-state index is 11.8. The van der Waals surface area contributed by atoms with Gasteiger partial charge in [-0.3, -0.25) is 4.79 Å². The molecule has 0 aliphatic rings. The van der Waals surface area contributed by atoms with Crippen molar-refractivity contribution in [1.82, 2.24) is 0 Å². The van der Waals surface area contributed by atoms with Gasteiger partial charge < -0.3 is 4.74 Å². The molecule has 4 heteroatoms. The van der Waals surface area contributed by atoms with E-state index in [0.29, 0.717) is 12.2 Å². The molecule has 1 rings (SSSR count). The summed E-state index contributed by atoms with van der Waals surface area (Å²) in [5.41, 5.74) is 0.388. The molecule has 128 valence electrons. The number of ketones is 1. The third-order valence-corrected chi connectivity index (χ3v) is 4.58. The quantitative estimate of drug-likeness (QED) is 0.222. The first-order valence-electron chi connectivity index (χ1n) is 8.60. The Morgan fingerprint density at radius 3 is 2.17 bits per heavy atom. The highest BCUT2D eigenvalue weighted by molar-refractivity contribution is 7.99. The second-order valence-corrected chi connectivity index (χ2v) is 6.90. The summed E-state index contributed by atoms with van der Waals surface area (Å²) in [5, 5.41) is 0. The predicted molar refractivity (Wildman–Crippen MR) is 97.0 cm³/mol. The Morgan fingerprint density at radius 1 is 0.913 bits per heavy atom. The summed E-state index contributed by atoms with van der Waals surface area (Å²) in [6.07, 6.45) is 8.22. The lowest BCUT2D eigenvalue weighted by Gasteiger charge is -2.04. The van der Waals surface area contributed by atoms with E-state index in [2.05, 4.69) is 6.92 Å². The van der Waals surface area contributed by atoms with Crippen LogP contribution in [0, 0.1) is 0 Å². The predicted octanol–water partition coefficient (Wildman–Crippen LogP) is 4.90. The van der Waals surface area contributed by atoms with Crippen LogP contribution in [0.4, 0.5) is 0 Å². The third-order valence-electron chi connectivity index (χ3n) is 3.59. The summed E-state index contributed by atoms with van der Waals surface area (Å²) >= 11 is 2.01. The molecule has 1 aromatic carbocycles. The number of ether oxygens (including phenoxy) is 1. The molecule has 0 aliphatic heterocycles. The summed E-state index contributed by atoms with van der Waals surface area (Å²) in [6, 6.07) is 8.54. The van der Waals surface area contributed by atoms with E-state index in [0.717, 1.165) is 12.8 Å². The highest BCUT2D eigenvalue weighted by atomic mass is 32.2. The zero-order valence-electron chi connectivity index (χ0n) is 14.1. The fraction of sp³-hybridized carbons (Fsp3) is 0.579. The van der Waals surface area contributed by atoms with Crippen molar-refractivity contribution in [3.8, 4) is 0 Å². The summed E-state index contributed by atoms with van der Waals surface area (Å²) < 4.78 is 5.04. The van der Waals surface area contributed by atoms with E-state index in [1.165, 1.54) is 43.6 Å². The maximum atomic E-state index is 11.8. The first-order valence-corrected chi connectivity index (χ1v) is 9.75. The van der Waals surface area contributed by atoms with Crippen LogP contribution in [0.2, 0.25) is 0 Å². The van der Waals surface area contributed by atoms with Gasteiger partial charge in [0.25, 0.3) is 5.78 Å². The van der Waals surface area contributed by atoms with Crippen molar-refractivity contribution in [3.05, 3.63) is 35.9 Å². The van der Waals surface area contributed by atoms with Gasteiger partial charge in [0, 0.05) is 5.56 Å². The standard InChI is InChI=1S/C19H28O3S/c1-2-23-16-12-7-5-3-4-6-11-15-22-19(21)18(20)17-13-9-8-10-14-17/h8-10,13-14H,2-7,11-12,15-16H2,1H3. The topological polar surface area (TPSA) is 43.4 Å². The van der Waals surface area contributed by atoms with Gasteiger partial charge in [-0.25, -0.2) is 4.79 Å². The lowest BCUT2D eigenvalue weighted by molar-refractivity contribution is -0.138. The molecule has 0 aromatic heterocycles. The molecular formula is C19H28O3S. The number of benzene rings is 1. The number of carbonyl (C=O) groups is 2. The lowest BCUT2D eigenvalue weighted by Crippen LogP contribution is -2.18. The second-order valence-electron chi connectivity index (χ2n) is 5.50. The van der Waals surface area contributed by atoms with E-state index in [-0.39, 0.29) is 0 Å². The van der Waals surface area contributed by atoms with Crippen LogP contribution in [-0.4, -0.2) is 29.9 Å². The minimum atomic E-state index is -0.746. The molecule has 0 saturated carbocycles. The van der Waals surface area contributed by atoms with E-state index < -0.39 is 11.8 Å². The van der Waals surface area contributed by atoms with E-state index in [1.807, 2.05) is 17.8 Å². The molecule has 0 fully saturated rings. The molecule has 0 spiro atoms. The SMILES string of the molecule is CCSCCCCCCCCCOC(=O)C(=O)c1ccccc1. The van der Waals surface area contributed by atoms with Crippen molar-refractivity contribution >= 4 is 23.5 Å². The van der Waals surface area contributed by atoms with Crippen molar-refractivity contribution in [2.75, 3.05) is 18.1 Å². The van der Waals surface area contributed by atoms with Crippen molar-refractivity contribution in [1.29, 1.82) is 0 Å². The number of carbonyl (C=O) groups excluding carboxylic acids is 2. The van der Waals surface area contributed by atoms with Crippen LogP contribution >= 0.6 is 11.8 Å². The molecule has 0 heterocycles. The molecule has 1 aromatic rings. The van der Waals surface area contributed by atoms with Crippen LogP contribution in [-0.2, 0) is 9.53 Å². The van der Waals surface area contributed by atoms with Gasteiger partial charge in [-0.15, -0.1) is 0 Å². The van der Waals surface area contributed by atoms with Gasteiger partial charge in [-0.05, 0) is 24.3 Å². The number of thioether (sulfide) groups is 1. The molecule has 0 atom stereocenters. The van der Waals surface area contributed by atoms with Gasteiger partial charge in [-0.2, -0.15) is 11.8 Å². The second kappa shape index (κ2) is 13.2. The van der Waals surface area contributed by atoms with Gasteiger partial charge in [0.2, 0.25) is 0 Å². The molecule has 0 radical (unpaired) electrons. The van der Waals surface area contributed by atoms with Crippen LogP contribution in [0.5, 0.6) is 0 Å². The molecule has 23 heavy (non-hydrogen) atoms. The van der Waals surface area contributed by atoms with Crippen LogP contribution in [0.3, 0.4) is 0 Å². The third kappa shape index (κ3) is 9.44. The van der Waals surface area contributed by atoms with Crippen molar-refractivity contribution < 1.29 is 14.3 Å². The highest BCUT2D eigenvalue weighted by Gasteiger charge is 2.16. The fourth-order valence-corrected chi connectivity index (χ4v) is 2.97. The number of esters is 1. The number of Topliss-reactive ketones (excluding diaryl/α,β-unsaturated/α-hetero) is 1. The molecule has 0 amide bonds. The summed E-state index contributed by atoms with van der Waals surface area (Å²) in [7, 11) is 0. The molecule has 0 saturated heterocycles. The summed E-state index contributed by atoms with van der Waals surface area (Å²) in [6.45, 7) is 2.54. The Balaban J connectivity index is 1.96. The molecule has 0 aliphatic carbocycles. The largest absolute Gasteiger partial charge is 0.460 e. The molecule has 0 unspecified atom stereocenters. The number of hydrogen-bond donors (Lipinski definition) is 0. The minimum absolute atomic E-state index is 0.338. The van der Waals surface area contributed by atoms with Crippen LogP contribution in [0.1, 0.15) is 62.2 Å². The number of rotatable bonds is 13. The van der Waals surface area contributed by atoms with Crippen molar-refractivity contribution in [3.63, 3.8) is 0 Å². The van der Waals surface area contributed by atoms with Gasteiger partial charge in [0.1, 0.15) is 0 Å². The normalized spacial score (nSPS) is 10.5. The Morgan fingerprint density at radius 2 is 1.52 bits per heavy atom. The fourth-order valence-electron chi connectivity index (χ4n) is 2.27. The molecular weight excluding hydrogens is 308 g/mol. The average Bonchev–Trinajstić information content (AvgIpc) is 2.59. The Labute approximate surface area is 144 Å². The van der Waals surface area contributed by atoms with Gasteiger partial charge in [-0.1, -0.05) is 69.4 Å². The van der Waals surface area contributed by atoms with Crippen LogP contribution < -0.4 is 0 Å². The average molecular weight is 336 g/mol. The van der Waals surface area contributed by atoms with E-state index in [9.17, 15) is 9.59 Å². The van der Waals surface area contributed by atoms with E-state index >= 15 is 0 Å². The molecule has 3 nitrogen and oxygen atoms in total.